The van der Waals surface area contributed by atoms with Crippen molar-refractivity contribution in [3.8, 4) is 5.75 Å². The van der Waals surface area contributed by atoms with Crippen LogP contribution >= 0.6 is 0 Å². The molecule has 0 radical (unpaired) electrons. The van der Waals surface area contributed by atoms with Crippen molar-refractivity contribution >= 4 is 21.6 Å². The van der Waals surface area contributed by atoms with Crippen molar-refractivity contribution in [2.45, 2.75) is 50.5 Å². The molecule has 1 amide bonds. The number of halogens is 3. The summed E-state index contributed by atoms with van der Waals surface area (Å²) in [5.74, 6) is -0.600. The third-order valence-electron chi connectivity index (χ3n) is 7.49. The Bertz CT molecular complexity index is 1530. The number of amides is 1. The van der Waals surface area contributed by atoms with Gasteiger partial charge < -0.3 is 14.7 Å². The summed E-state index contributed by atoms with van der Waals surface area (Å²) in [5.41, 5.74) is 1.08. The Morgan fingerprint density at radius 2 is 1.74 bits per heavy atom. The number of carbonyl (C=O) groups is 1. The van der Waals surface area contributed by atoms with Crippen LogP contribution in [0, 0.1) is 12.8 Å². The van der Waals surface area contributed by atoms with E-state index in [0.717, 1.165) is 17.7 Å². The van der Waals surface area contributed by atoms with Crippen molar-refractivity contribution in [3.05, 3.63) is 89.0 Å². The molecule has 43 heavy (non-hydrogen) atoms. The molecule has 0 bridgehead atoms. The number of rotatable bonds is 9. The van der Waals surface area contributed by atoms with Crippen LogP contribution < -0.4 is 9.46 Å². The third kappa shape index (κ3) is 7.67. The number of ether oxygens (including phenoxy) is 1. The van der Waals surface area contributed by atoms with Gasteiger partial charge in [-0.05, 0) is 62.9 Å². The zero-order valence-corrected chi connectivity index (χ0v) is 25.2. The van der Waals surface area contributed by atoms with Gasteiger partial charge in [-0.2, -0.15) is 13.2 Å². The number of nitrogens with zero attached hydrogens (tertiary/aromatic N) is 2. The molecule has 0 spiro atoms. The lowest BCUT2D eigenvalue weighted by molar-refractivity contribution is -0.137. The summed E-state index contributed by atoms with van der Waals surface area (Å²) < 4.78 is 74.6. The number of sulfonamides is 1. The molecule has 4 rings (SSSR count). The highest BCUT2D eigenvalue weighted by molar-refractivity contribution is 7.92. The van der Waals surface area contributed by atoms with Gasteiger partial charge in [0.2, 0.25) is 0 Å². The number of para-hydroxylation sites is 1. The quantitative estimate of drug-likeness (QED) is 0.343. The van der Waals surface area contributed by atoms with Crippen LogP contribution in [0.1, 0.15) is 40.9 Å². The minimum atomic E-state index is -4.42. The maximum Gasteiger partial charge on any atom is 0.416 e. The van der Waals surface area contributed by atoms with Gasteiger partial charge in [0.25, 0.3) is 15.9 Å². The molecule has 0 aromatic heterocycles. The zero-order valence-electron chi connectivity index (χ0n) is 24.4. The number of alkyl halides is 3. The average molecular weight is 620 g/mol. The number of hydrogen-bond donors (Lipinski definition) is 2. The Morgan fingerprint density at radius 1 is 1.09 bits per heavy atom. The molecule has 0 saturated carbocycles. The van der Waals surface area contributed by atoms with Crippen LogP contribution in [0.15, 0.2) is 71.6 Å². The molecular weight excluding hydrogens is 583 g/mol. The highest BCUT2D eigenvalue weighted by Crippen LogP contribution is 2.36. The molecular formula is C31H36F3N3O5S. The number of fused-ring (bicyclic) bond motifs is 1. The van der Waals surface area contributed by atoms with Gasteiger partial charge in [-0.25, -0.2) is 8.42 Å². The third-order valence-corrected chi connectivity index (χ3v) is 8.87. The molecule has 8 nitrogen and oxygen atoms in total. The number of carbonyl (C=O) groups excluding carboxylic acids is 1. The summed E-state index contributed by atoms with van der Waals surface area (Å²) in [6, 6.07) is 15.4. The summed E-state index contributed by atoms with van der Waals surface area (Å²) in [7, 11) is -2.23. The van der Waals surface area contributed by atoms with Crippen molar-refractivity contribution in [3.63, 3.8) is 0 Å². The molecule has 0 saturated heterocycles. The van der Waals surface area contributed by atoms with E-state index in [1.54, 1.807) is 43.1 Å². The monoisotopic (exact) mass is 619 g/mol. The molecule has 0 fully saturated rings. The van der Waals surface area contributed by atoms with Gasteiger partial charge in [-0.15, -0.1) is 0 Å². The van der Waals surface area contributed by atoms with Gasteiger partial charge in [0, 0.05) is 25.6 Å². The highest BCUT2D eigenvalue weighted by atomic mass is 32.2. The lowest BCUT2D eigenvalue weighted by atomic mass is 9.99. The second kappa shape index (κ2) is 12.9. The first kappa shape index (κ1) is 32.3. The summed E-state index contributed by atoms with van der Waals surface area (Å²) in [6.45, 7) is 6.10. The number of anilines is 1. The number of aryl methyl sites for hydroxylation is 1. The molecule has 3 aromatic carbocycles. The highest BCUT2D eigenvalue weighted by Gasteiger charge is 2.35. The van der Waals surface area contributed by atoms with E-state index >= 15 is 0 Å². The van der Waals surface area contributed by atoms with Crippen LogP contribution in [0.3, 0.4) is 0 Å². The lowest BCUT2D eigenvalue weighted by Gasteiger charge is -2.38. The Hall–Kier alpha value is -3.61. The molecule has 1 aliphatic heterocycles. The standard InChI is InChI=1S/C31H36F3N3O5S/c1-20-8-14-25(15-9-20)43(40,41)35-27-7-5-6-26-29(27)42-28(21(2)16-37(30(26)39)22(3)19-38)18-36(4)17-23-10-12-24(13-11-23)31(32,33)34/h5-15,21-22,28,35,38H,16-19H2,1-4H3/t21-,22+,28+/m1/s1. The molecule has 3 aromatic rings. The van der Waals surface area contributed by atoms with E-state index in [4.69, 9.17) is 4.74 Å². The Kier molecular flexibility index (Phi) is 9.73. The van der Waals surface area contributed by atoms with Gasteiger partial charge in [0.05, 0.1) is 34.4 Å². The van der Waals surface area contributed by atoms with Crippen LogP contribution in [0.25, 0.3) is 0 Å². The second-order valence-corrected chi connectivity index (χ2v) is 12.8. The van der Waals surface area contributed by atoms with Gasteiger partial charge in [-0.3, -0.25) is 14.4 Å². The summed E-state index contributed by atoms with van der Waals surface area (Å²) >= 11 is 0. The van der Waals surface area contributed by atoms with Gasteiger partial charge >= 0.3 is 6.18 Å². The van der Waals surface area contributed by atoms with Gasteiger partial charge in [0.1, 0.15) is 6.10 Å². The zero-order chi connectivity index (χ0) is 31.5. The number of aliphatic hydroxyl groups excluding tert-OH is 1. The van der Waals surface area contributed by atoms with Crippen LogP contribution in [0.4, 0.5) is 18.9 Å². The number of aliphatic hydroxyl groups is 1. The van der Waals surface area contributed by atoms with Crippen molar-refractivity contribution in [1.82, 2.24) is 9.80 Å². The van der Waals surface area contributed by atoms with Crippen molar-refractivity contribution in [1.29, 1.82) is 0 Å². The van der Waals surface area contributed by atoms with Gasteiger partial charge in [-0.1, -0.05) is 42.8 Å². The Balaban J connectivity index is 1.66. The maximum atomic E-state index is 13.7. The minimum Gasteiger partial charge on any atom is -0.486 e. The molecule has 2 N–H and O–H groups in total. The van der Waals surface area contributed by atoms with Crippen LogP contribution in [-0.4, -0.2) is 68.1 Å². The molecule has 1 aliphatic rings. The molecule has 232 valence electrons. The van der Waals surface area contributed by atoms with Crippen LogP contribution in [0.5, 0.6) is 5.75 Å². The number of benzene rings is 3. The molecule has 12 heteroatoms. The van der Waals surface area contributed by atoms with E-state index in [-0.39, 0.29) is 41.0 Å². The van der Waals surface area contributed by atoms with Crippen molar-refractivity contribution < 1.29 is 36.2 Å². The smallest absolute Gasteiger partial charge is 0.416 e. The van der Waals surface area contributed by atoms with E-state index < -0.39 is 39.8 Å². The van der Waals surface area contributed by atoms with E-state index in [1.807, 2.05) is 18.7 Å². The number of hydrogen-bond acceptors (Lipinski definition) is 6. The summed E-state index contributed by atoms with van der Waals surface area (Å²) in [6.07, 6.45) is -4.97. The minimum absolute atomic E-state index is 0.0459. The largest absolute Gasteiger partial charge is 0.486 e. The Labute approximate surface area is 250 Å². The number of nitrogens with one attached hydrogen (secondary N) is 1. The summed E-state index contributed by atoms with van der Waals surface area (Å²) in [4.78, 5) is 17.2. The summed E-state index contributed by atoms with van der Waals surface area (Å²) in [5, 5.41) is 9.90. The molecule has 0 unspecified atom stereocenters. The first-order chi connectivity index (χ1) is 20.2. The van der Waals surface area contributed by atoms with E-state index in [1.165, 1.54) is 30.3 Å². The van der Waals surface area contributed by atoms with E-state index in [2.05, 4.69) is 4.72 Å². The normalized spacial score (nSPS) is 18.4. The molecule has 3 atom stereocenters. The topological polar surface area (TPSA) is 99.2 Å². The van der Waals surface area contributed by atoms with Crippen LogP contribution in [-0.2, 0) is 22.7 Å². The first-order valence-corrected chi connectivity index (χ1v) is 15.3. The van der Waals surface area contributed by atoms with E-state index in [9.17, 15) is 31.5 Å². The van der Waals surface area contributed by atoms with Gasteiger partial charge in [0.15, 0.2) is 5.75 Å². The fourth-order valence-electron chi connectivity index (χ4n) is 4.95. The molecule has 1 heterocycles. The van der Waals surface area contributed by atoms with Crippen molar-refractivity contribution in [2.24, 2.45) is 5.92 Å². The average Bonchev–Trinajstić information content (AvgIpc) is 2.94. The predicted octanol–water partition coefficient (Wildman–Crippen LogP) is 5.17. The predicted molar refractivity (Wildman–Crippen MR) is 157 cm³/mol. The van der Waals surface area contributed by atoms with Crippen molar-refractivity contribution in [2.75, 3.05) is 31.5 Å². The molecule has 0 aliphatic carbocycles. The Morgan fingerprint density at radius 3 is 2.35 bits per heavy atom. The van der Waals surface area contributed by atoms with E-state index in [0.29, 0.717) is 18.7 Å². The SMILES string of the molecule is Cc1ccc(S(=O)(=O)Nc2cccc3c2O[C@@H](CN(C)Cc2ccc(C(F)(F)F)cc2)[C@H](C)CN([C@@H](C)CO)C3=O)cc1. The number of likely N-dealkylation sites (N-methyl/N-ethyl adjacent to an activating group) is 1. The first-order valence-electron chi connectivity index (χ1n) is 13.8. The fraction of sp³-hybridized carbons (Fsp3) is 0.387. The lowest BCUT2D eigenvalue weighted by Crippen LogP contribution is -2.49. The fourth-order valence-corrected chi connectivity index (χ4v) is 6.01. The second-order valence-electron chi connectivity index (χ2n) is 11.1. The van der Waals surface area contributed by atoms with Crippen LogP contribution in [0.2, 0.25) is 0 Å². The maximum absolute atomic E-state index is 13.7.